The van der Waals surface area contributed by atoms with Gasteiger partial charge in [-0.05, 0) is 27.4 Å². The van der Waals surface area contributed by atoms with E-state index >= 15 is 0 Å². The smallest absolute Gasteiger partial charge is 0.408 e. The minimum absolute atomic E-state index is 0.220. The molecule has 2 N–H and O–H groups in total. The Kier molecular flexibility index (Phi) is 4.21. The summed E-state index contributed by atoms with van der Waals surface area (Å²) in [5.74, 6) is 3.08. The molecule has 6 heteroatoms. The van der Waals surface area contributed by atoms with Crippen LogP contribution in [0.4, 0.5) is 4.79 Å². The normalized spacial score (nSPS) is 15.9. The zero-order chi connectivity index (χ0) is 13.8. The second-order valence-corrected chi connectivity index (χ2v) is 4.70. The van der Waals surface area contributed by atoms with Gasteiger partial charge < -0.3 is 14.9 Å². The van der Waals surface area contributed by atoms with Gasteiger partial charge in [-0.15, -0.1) is 12.3 Å². The fraction of sp³-hybridized carbons (Fsp3) is 0.500. The van der Waals surface area contributed by atoms with E-state index in [0.29, 0.717) is 5.84 Å². The number of carbonyl (C=O) groups excluding carboxylic acids is 1. The number of rotatable bonds is 3. The van der Waals surface area contributed by atoms with Gasteiger partial charge >= 0.3 is 6.09 Å². The van der Waals surface area contributed by atoms with Crippen molar-refractivity contribution in [2.24, 2.45) is 4.99 Å². The number of hydroxylamine groups is 1. The molecule has 1 heterocycles. The van der Waals surface area contributed by atoms with Gasteiger partial charge in [-0.25, -0.2) is 10.3 Å². The molecular weight excluding hydrogens is 234 g/mol. The molecule has 1 aliphatic rings. The maximum absolute atomic E-state index is 11.6. The zero-order valence-corrected chi connectivity index (χ0v) is 10.7. The Morgan fingerprint density at radius 1 is 1.72 bits per heavy atom. The number of nitrogens with one attached hydrogen (secondary N) is 2. The summed E-state index contributed by atoms with van der Waals surface area (Å²) in [4.78, 5) is 20.5. The van der Waals surface area contributed by atoms with Crippen LogP contribution in [0.25, 0.3) is 0 Å². The van der Waals surface area contributed by atoms with E-state index in [2.05, 4.69) is 28.3 Å². The summed E-state index contributed by atoms with van der Waals surface area (Å²) >= 11 is 0. The van der Waals surface area contributed by atoms with Crippen molar-refractivity contribution in [1.29, 1.82) is 0 Å². The van der Waals surface area contributed by atoms with E-state index in [1.54, 1.807) is 20.8 Å². The van der Waals surface area contributed by atoms with Gasteiger partial charge in [0, 0.05) is 6.42 Å². The highest BCUT2D eigenvalue weighted by atomic mass is 16.7. The highest BCUT2D eigenvalue weighted by Crippen LogP contribution is 2.09. The fourth-order valence-electron chi connectivity index (χ4n) is 1.22. The highest BCUT2D eigenvalue weighted by molar-refractivity contribution is 5.91. The van der Waals surface area contributed by atoms with Gasteiger partial charge in [-0.1, -0.05) is 0 Å². The Labute approximate surface area is 106 Å². The van der Waals surface area contributed by atoms with Crippen molar-refractivity contribution in [2.75, 3.05) is 0 Å². The molecule has 0 radical (unpaired) electrons. The first-order valence-electron chi connectivity index (χ1n) is 5.45. The Hall–Kier alpha value is -2.16. The molecule has 0 saturated heterocycles. The van der Waals surface area contributed by atoms with E-state index in [4.69, 9.17) is 16.0 Å². The average molecular weight is 251 g/mol. The number of aliphatic imine (C=N–C) groups is 1. The lowest BCUT2D eigenvalue weighted by molar-refractivity contribution is 0.0517. The molecule has 0 saturated carbocycles. The summed E-state index contributed by atoms with van der Waals surface area (Å²) in [5.41, 5.74) is 1.97. The number of alkyl carbamates (subject to hydrolysis) is 1. The molecule has 1 aliphatic heterocycles. The second-order valence-electron chi connectivity index (χ2n) is 4.70. The monoisotopic (exact) mass is 251 g/mol. The molecule has 18 heavy (non-hydrogen) atoms. The third-order valence-corrected chi connectivity index (χ3v) is 1.86. The SMILES string of the molecule is C#CC[C@H](NC(=O)OC(C)(C)C)C1=NC(=C)ON1. The minimum Gasteiger partial charge on any atom is -0.444 e. The molecule has 0 aliphatic carbocycles. The Morgan fingerprint density at radius 2 is 2.39 bits per heavy atom. The molecule has 0 aromatic heterocycles. The number of carbonyl (C=O) groups is 1. The Bertz CT molecular complexity index is 415. The van der Waals surface area contributed by atoms with Gasteiger partial charge in [0.2, 0.25) is 5.88 Å². The van der Waals surface area contributed by atoms with E-state index in [-0.39, 0.29) is 12.3 Å². The highest BCUT2D eigenvalue weighted by Gasteiger charge is 2.25. The van der Waals surface area contributed by atoms with Crippen molar-refractivity contribution in [3.05, 3.63) is 12.5 Å². The van der Waals surface area contributed by atoms with Crippen LogP contribution < -0.4 is 10.8 Å². The summed E-state index contributed by atoms with van der Waals surface area (Å²) in [5, 5.41) is 2.62. The van der Waals surface area contributed by atoms with Crippen LogP contribution in [-0.4, -0.2) is 23.6 Å². The topological polar surface area (TPSA) is 72.0 Å². The molecule has 1 atom stereocenters. The van der Waals surface area contributed by atoms with Gasteiger partial charge in [-0.3, -0.25) is 0 Å². The van der Waals surface area contributed by atoms with E-state index in [0.717, 1.165) is 0 Å². The van der Waals surface area contributed by atoms with Gasteiger partial charge in [0.1, 0.15) is 11.6 Å². The van der Waals surface area contributed by atoms with Gasteiger partial charge in [-0.2, -0.15) is 4.99 Å². The van der Waals surface area contributed by atoms with Crippen LogP contribution in [0.3, 0.4) is 0 Å². The molecule has 98 valence electrons. The number of amidine groups is 1. The van der Waals surface area contributed by atoms with Gasteiger partial charge in [0.05, 0.1) is 0 Å². The fourth-order valence-corrected chi connectivity index (χ4v) is 1.22. The summed E-state index contributed by atoms with van der Waals surface area (Å²) < 4.78 is 5.14. The largest absolute Gasteiger partial charge is 0.444 e. The molecule has 0 bridgehead atoms. The van der Waals surface area contributed by atoms with Crippen molar-refractivity contribution in [1.82, 2.24) is 10.8 Å². The van der Waals surface area contributed by atoms with Crippen molar-refractivity contribution in [3.8, 4) is 12.3 Å². The van der Waals surface area contributed by atoms with Gasteiger partial charge in [0.25, 0.3) is 0 Å². The molecule has 0 fully saturated rings. The number of hydrogen-bond donors (Lipinski definition) is 2. The number of terminal acetylenes is 1. The first-order valence-corrected chi connectivity index (χ1v) is 5.45. The third-order valence-electron chi connectivity index (χ3n) is 1.86. The molecule has 1 rings (SSSR count). The lowest BCUT2D eigenvalue weighted by Gasteiger charge is -2.22. The second kappa shape index (κ2) is 5.45. The molecule has 1 amide bonds. The van der Waals surface area contributed by atoms with Crippen molar-refractivity contribution in [2.45, 2.75) is 38.8 Å². The quantitative estimate of drug-likeness (QED) is 0.742. The van der Waals surface area contributed by atoms with Crippen LogP contribution in [-0.2, 0) is 9.57 Å². The molecule has 6 nitrogen and oxygen atoms in total. The Morgan fingerprint density at radius 3 is 2.83 bits per heavy atom. The van der Waals surface area contributed by atoms with Crippen LogP contribution in [0.1, 0.15) is 27.2 Å². The lowest BCUT2D eigenvalue weighted by atomic mass is 10.2. The maximum atomic E-state index is 11.6. The zero-order valence-electron chi connectivity index (χ0n) is 10.7. The number of ether oxygens (including phenoxy) is 1. The molecule has 0 aromatic rings. The van der Waals surface area contributed by atoms with Crippen molar-refractivity contribution >= 4 is 11.9 Å². The minimum atomic E-state index is -0.574. The van der Waals surface area contributed by atoms with Crippen molar-refractivity contribution in [3.63, 3.8) is 0 Å². The predicted octanol–water partition coefficient (Wildman–Crippen LogP) is 1.31. The first kappa shape index (κ1) is 13.9. The van der Waals surface area contributed by atoms with Crippen LogP contribution in [0, 0.1) is 12.3 Å². The maximum Gasteiger partial charge on any atom is 0.408 e. The lowest BCUT2D eigenvalue weighted by Crippen LogP contribution is -2.46. The summed E-state index contributed by atoms with van der Waals surface area (Å²) in [7, 11) is 0. The van der Waals surface area contributed by atoms with Crippen LogP contribution in [0.5, 0.6) is 0 Å². The number of hydrogen-bond acceptors (Lipinski definition) is 5. The molecule has 0 unspecified atom stereocenters. The summed E-state index contributed by atoms with van der Waals surface area (Å²) in [6.45, 7) is 8.85. The van der Waals surface area contributed by atoms with E-state index in [1.165, 1.54) is 0 Å². The molecular formula is C12H17N3O3. The number of amides is 1. The van der Waals surface area contributed by atoms with E-state index in [9.17, 15) is 4.79 Å². The van der Waals surface area contributed by atoms with Crippen LogP contribution >= 0.6 is 0 Å². The molecule has 0 spiro atoms. The van der Waals surface area contributed by atoms with E-state index in [1.807, 2.05) is 0 Å². The summed E-state index contributed by atoms with van der Waals surface area (Å²) in [6, 6.07) is -0.496. The van der Waals surface area contributed by atoms with Crippen LogP contribution in [0.2, 0.25) is 0 Å². The van der Waals surface area contributed by atoms with Gasteiger partial charge in [0.15, 0.2) is 5.84 Å². The Balaban J connectivity index is 2.64. The summed E-state index contributed by atoms with van der Waals surface area (Å²) in [6.07, 6.45) is 4.95. The van der Waals surface area contributed by atoms with Crippen LogP contribution in [0.15, 0.2) is 17.5 Å². The standard InChI is InChI=1S/C12H17N3O3/c1-6-7-9(10-13-8(2)18-15-10)14-11(16)17-12(3,4)5/h1,9H,2,7H2,3-5H3,(H,13,15)(H,14,16)/t9-/m0/s1. The predicted molar refractivity (Wildman–Crippen MR) is 67.4 cm³/mol. The number of nitrogens with zero attached hydrogens (tertiary/aromatic N) is 1. The van der Waals surface area contributed by atoms with E-state index < -0.39 is 17.7 Å². The first-order chi connectivity index (χ1) is 8.31. The molecule has 0 aromatic carbocycles. The van der Waals surface area contributed by atoms with Crippen molar-refractivity contribution < 1.29 is 14.4 Å². The average Bonchev–Trinajstić information content (AvgIpc) is 2.61. The third kappa shape index (κ3) is 4.37.